The number of nitrogen functional groups attached to an aromatic ring is 1. The van der Waals surface area contributed by atoms with Gasteiger partial charge in [0, 0.05) is 17.4 Å². The lowest BCUT2D eigenvalue weighted by atomic mass is 10.0. The van der Waals surface area contributed by atoms with Crippen LogP contribution >= 0.6 is 11.3 Å². The topological polar surface area (TPSA) is 82.0 Å². The summed E-state index contributed by atoms with van der Waals surface area (Å²) in [5, 5.41) is 2.50. The zero-order chi connectivity index (χ0) is 13.0. The van der Waals surface area contributed by atoms with Crippen LogP contribution in [0.25, 0.3) is 11.3 Å². The van der Waals surface area contributed by atoms with Crippen LogP contribution in [0.15, 0.2) is 29.6 Å². The number of ketones is 1. The molecule has 94 valence electrons. The monoisotopic (exact) mass is 261 g/mol. The van der Waals surface area contributed by atoms with Crippen LogP contribution in [0.2, 0.25) is 0 Å². The molecule has 0 aliphatic rings. The number of nitrogens with two attached hydrogens (primary N) is 2. The minimum Gasteiger partial charge on any atom is -0.375 e. The number of Topliss-reactive ketones (excluding diaryl/α,β-unsaturated/α-hetero) is 1. The third kappa shape index (κ3) is 3.15. The Labute approximate surface area is 110 Å². The van der Waals surface area contributed by atoms with Crippen molar-refractivity contribution in [2.75, 3.05) is 12.3 Å². The second-order valence-corrected chi connectivity index (χ2v) is 4.90. The Balaban J connectivity index is 2.03. The lowest BCUT2D eigenvalue weighted by molar-refractivity contribution is -0.117. The van der Waals surface area contributed by atoms with E-state index in [0.717, 1.165) is 23.2 Å². The first-order valence-electron chi connectivity index (χ1n) is 5.71. The van der Waals surface area contributed by atoms with Gasteiger partial charge in [-0.2, -0.15) is 0 Å². The van der Waals surface area contributed by atoms with Gasteiger partial charge in [0.25, 0.3) is 0 Å². The molecular weight excluding hydrogens is 246 g/mol. The summed E-state index contributed by atoms with van der Waals surface area (Å²) in [5.74, 6) is 0.0892. The highest BCUT2D eigenvalue weighted by Crippen LogP contribution is 2.23. The third-order valence-electron chi connectivity index (χ3n) is 2.69. The van der Waals surface area contributed by atoms with Crippen molar-refractivity contribution >= 4 is 22.3 Å². The molecule has 0 saturated heterocycles. The normalized spacial score (nSPS) is 10.5. The van der Waals surface area contributed by atoms with Gasteiger partial charge in [-0.3, -0.25) is 4.79 Å². The summed E-state index contributed by atoms with van der Waals surface area (Å²) in [4.78, 5) is 15.4. The molecule has 4 nitrogen and oxygen atoms in total. The average Bonchev–Trinajstić information content (AvgIpc) is 2.83. The van der Waals surface area contributed by atoms with E-state index in [1.54, 1.807) is 0 Å². The molecule has 2 aromatic rings. The Kier molecular flexibility index (Phi) is 4.07. The molecule has 0 bridgehead atoms. The maximum absolute atomic E-state index is 11.1. The van der Waals surface area contributed by atoms with Crippen molar-refractivity contribution in [1.29, 1.82) is 0 Å². The van der Waals surface area contributed by atoms with Crippen LogP contribution in [0, 0.1) is 0 Å². The smallest absolute Gasteiger partial charge is 0.180 e. The predicted octanol–water partition coefficient (Wildman–Crippen LogP) is 1.85. The quantitative estimate of drug-likeness (QED) is 0.860. The summed E-state index contributed by atoms with van der Waals surface area (Å²) in [6.45, 7) is 0.121. The van der Waals surface area contributed by atoms with Gasteiger partial charge in [0.2, 0.25) is 0 Å². The van der Waals surface area contributed by atoms with Gasteiger partial charge in [0.15, 0.2) is 5.13 Å². The van der Waals surface area contributed by atoms with E-state index in [1.807, 2.05) is 29.6 Å². The molecule has 0 spiro atoms. The van der Waals surface area contributed by atoms with Gasteiger partial charge in [-0.15, -0.1) is 11.3 Å². The van der Waals surface area contributed by atoms with E-state index in [2.05, 4.69) is 4.98 Å². The molecule has 18 heavy (non-hydrogen) atoms. The molecule has 1 aromatic carbocycles. The Morgan fingerprint density at radius 2 is 2.00 bits per heavy atom. The van der Waals surface area contributed by atoms with Crippen molar-refractivity contribution < 1.29 is 4.79 Å². The van der Waals surface area contributed by atoms with E-state index in [0.29, 0.717) is 11.6 Å². The number of nitrogens with zero attached hydrogens (tertiary/aromatic N) is 1. The van der Waals surface area contributed by atoms with E-state index < -0.39 is 0 Å². The summed E-state index contributed by atoms with van der Waals surface area (Å²) in [5.41, 5.74) is 13.9. The van der Waals surface area contributed by atoms with Gasteiger partial charge < -0.3 is 11.5 Å². The van der Waals surface area contributed by atoms with Gasteiger partial charge in [-0.25, -0.2) is 4.98 Å². The summed E-state index contributed by atoms with van der Waals surface area (Å²) in [7, 11) is 0. The summed E-state index contributed by atoms with van der Waals surface area (Å²) < 4.78 is 0. The molecule has 4 N–H and O–H groups in total. The van der Waals surface area contributed by atoms with Crippen molar-refractivity contribution in [3.63, 3.8) is 0 Å². The Hall–Kier alpha value is -1.72. The molecular formula is C13H15N3OS. The van der Waals surface area contributed by atoms with E-state index in [-0.39, 0.29) is 12.3 Å². The molecule has 0 fully saturated rings. The van der Waals surface area contributed by atoms with E-state index in [4.69, 9.17) is 11.5 Å². The van der Waals surface area contributed by atoms with Crippen LogP contribution < -0.4 is 11.5 Å². The van der Waals surface area contributed by atoms with Crippen molar-refractivity contribution in [2.45, 2.75) is 12.8 Å². The molecule has 0 aliphatic heterocycles. The molecule has 1 heterocycles. The number of hydrogen-bond donors (Lipinski definition) is 2. The number of aromatic nitrogens is 1. The minimum atomic E-state index is 0.0892. The molecule has 5 heteroatoms. The highest BCUT2D eigenvalue weighted by molar-refractivity contribution is 7.13. The van der Waals surface area contributed by atoms with Crippen LogP contribution in [0.4, 0.5) is 5.13 Å². The molecule has 0 radical (unpaired) electrons. The van der Waals surface area contributed by atoms with Crippen LogP contribution in [0.1, 0.15) is 12.0 Å². The number of aryl methyl sites for hydroxylation is 1. The summed E-state index contributed by atoms with van der Waals surface area (Å²) >= 11 is 1.43. The zero-order valence-corrected chi connectivity index (χ0v) is 10.7. The van der Waals surface area contributed by atoms with Crippen LogP contribution in [0.5, 0.6) is 0 Å². The number of carbonyl (C=O) groups excluding carboxylic acids is 1. The number of benzene rings is 1. The molecule has 0 saturated carbocycles. The number of carbonyl (C=O) groups is 1. The third-order valence-corrected chi connectivity index (χ3v) is 3.37. The van der Waals surface area contributed by atoms with E-state index >= 15 is 0 Å². The highest BCUT2D eigenvalue weighted by atomic mass is 32.1. The number of hydrogen-bond acceptors (Lipinski definition) is 5. The maximum Gasteiger partial charge on any atom is 0.180 e. The fourth-order valence-corrected chi connectivity index (χ4v) is 2.22. The first-order chi connectivity index (χ1) is 8.69. The first-order valence-corrected chi connectivity index (χ1v) is 6.59. The summed E-state index contributed by atoms with van der Waals surface area (Å²) in [6.07, 6.45) is 1.23. The van der Waals surface area contributed by atoms with Crippen molar-refractivity contribution in [3.8, 4) is 11.3 Å². The minimum absolute atomic E-state index is 0.0892. The Bertz CT molecular complexity index is 533. The van der Waals surface area contributed by atoms with Gasteiger partial charge in [-0.1, -0.05) is 24.3 Å². The molecule has 0 unspecified atom stereocenters. The van der Waals surface area contributed by atoms with Crippen LogP contribution in [-0.2, 0) is 11.2 Å². The fourth-order valence-electron chi connectivity index (χ4n) is 1.65. The maximum atomic E-state index is 11.1. The van der Waals surface area contributed by atoms with Crippen molar-refractivity contribution in [3.05, 3.63) is 35.2 Å². The summed E-state index contributed by atoms with van der Waals surface area (Å²) in [6, 6.07) is 8.01. The lowest BCUT2D eigenvalue weighted by Crippen LogP contribution is -2.13. The largest absolute Gasteiger partial charge is 0.375 e. The lowest BCUT2D eigenvalue weighted by Gasteiger charge is -2.02. The van der Waals surface area contributed by atoms with Gasteiger partial charge in [0.1, 0.15) is 5.78 Å². The molecule has 0 atom stereocenters. The number of thiazole rings is 1. The predicted molar refractivity (Wildman–Crippen MR) is 74.3 cm³/mol. The zero-order valence-electron chi connectivity index (χ0n) is 9.93. The van der Waals surface area contributed by atoms with Crippen molar-refractivity contribution in [1.82, 2.24) is 4.98 Å². The molecule has 0 amide bonds. The van der Waals surface area contributed by atoms with Crippen molar-refractivity contribution in [2.24, 2.45) is 5.73 Å². The molecule has 2 rings (SSSR count). The van der Waals surface area contributed by atoms with Crippen LogP contribution in [-0.4, -0.2) is 17.3 Å². The van der Waals surface area contributed by atoms with E-state index in [1.165, 1.54) is 11.3 Å². The van der Waals surface area contributed by atoms with E-state index in [9.17, 15) is 4.79 Å². The van der Waals surface area contributed by atoms with Gasteiger partial charge in [0.05, 0.1) is 12.2 Å². The highest BCUT2D eigenvalue weighted by Gasteiger charge is 2.03. The number of anilines is 1. The van der Waals surface area contributed by atoms with Crippen LogP contribution in [0.3, 0.4) is 0 Å². The molecule has 0 aliphatic carbocycles. The Morgan fingerprint density at radius 3 is 2.56 bits per heavy atom. The SMILES string of the molecule is NCC(=O)CCc1ccc(-c2csc(N)n2)cc1. The average molecular weight is 261 g/mol. The Morgan fingerprint density at radius 1 is 1.28 bits per heavy atom. The fraction of sp³-hybridized carbons (Fsp3) is 0.231. The first kappa shape index (κ1) is 12.7. The van der Waals surface area contributed by atoms with Gasteiger partial charge >= 0.3 is 0 Å². The van der Waals surface area contributed by atoms with Gasteiger partial charge in [-0.05, 0) is 12.0 Å². The number of rotatable bonds is 5. The second kappa shape index (κ2) is 5.75. The molecule has 1 aromatic heterocycles. The second-order valence-electron chi connectivity index (χ2n) is 4.01. The standard InChI is InChI=1S/C13H15N3OS/c14-7-11(17)6-3-9-1-4-10(5-2-9)12-8-18-13(15)16-12/h1-2,4-5,8H,3,6-7,14H2,(H2,15,16).